The second-order valence-corrected chi connectivity index (χ2v) is 3.41. The number of aliphatic carboxylic acids is 1. The molecule has 1 amide bonds. The molecule has 0 aliphatic rings. The topological polar surface area (TPSA) is 97.1 Å². The minimum atomic E-state index is -1.06. The van der Waals surface area contributed by atoms with E-state index in [1.165, 1.54) is 13.1 Å². The van der Waals surface area contributed by atoms with Gasteiger partial charge < -0.3 is 10.4 Å². The number of hydrogen-bond donors (Lipinski definition) is 2. The summed E-state index contributed by atoms with van der Waals surface area (Å²) in [6.07, 6.45) is 1.25. The number of aromatic nitrogens is 3. The van der Waals surface area contributed by atoms with Gasteiger partial charge in [-0.15, -0.1) is 16.7 Å². The SMILES string of the molecule is CC(Cl)C(=O)Nc1cnn(CC(=O)O)n1. The van der Waals surface area contributed by atoms with Crippen molar-refractivity contribution in [2.75, 3.05) is 5.32 Å². The zero-order valence-electron chi connectivity index (χ0n) is 7.85. The standard InChI is InChI=1S/C7H9ClN4O3/c1-4(8)7(15)10-5-2-9-12(11-5)3-6(13)14/h2,4H,3H2,1H3,(H,13,14)(H,10,11,15). The van der Waals surface area contributed by atoms with Crippen molar-refractivity contribution in [1.29, 1.82) is 0 Å². The summed E-state index contributed by atoms with van der Waals surface area (Å²) in [7, 11) is 0. The number of alkyl halides is 1. The van der Waals surface area contributed by atoms with Gasteiger partial charge in [0.25, 0.3) is 0 Å². The van der Waals surface area contributed by atoms with E-state index < -0.39 is 17.3 Å². The highest BCUT2D eigenvalue weighted by atomic mass is 35.5. The number of carbonyl (C=O) groups is 2. The Hall–Kier alpha value is -1.63. The zero-order chi connectivity index (χ0) is 11.4. The fourth-order valence-electron chi connectivity index (χ4n) is 0.777. The van der Waals surface area contributed by atoms with Gasteiger partial charge in [0.05, 0.1) is 6.20 Å². The molecule has 0 spiro atoms. The van der Waals surface area contributed by atoms with Crippen molar-refractivity contribution in [2.24, 2.45) is 0 Å². The molecule has 1 aromatic rings. The van der Waals surface area contributed by atoms with Crippen LogP contribution in [0.3, 0.4) is 0 Å². The maximum atomic E-state index is 11.1. The summed E-state index contributed by atoms with van der Waals surface area (Å²) in [5.74, 6) is -1.30. The predicted molar refractivity (Wildman–Crippen MR) is 51.6 cm³/mol. The van der Waals surface area contributed by atoms with Crippen molar-refractivity contribution in [3.8, 4) is 0 Å². The number of hydrogen-bond acceptors (Lipinski definition) is 4. The van der Waals surface area contributed by atoms with Crippen molar-refractivity contribution in [2.45, 2.75) is 18.8 Å². The molecule has 82 valence electrons. The summed E-state index contributed by atoms with van der Waals surface area (Å²) in [6.45, 7) is 1.16. The zero-order valence-corrected chi connectivity index (χ0v) is 8.60. The van der Waals surface area contributed by atoms with Gasteiger partial charge in [-0.2, -0.15) is 9.90 Å². The van der Waals surface area contributed by atoms with Crippen molar-refractivity contribution in [3.05, 3.63) is 6.20 Å². The number of amides is 1. The fourth-order valence-corrected chi connectivity index (χ4v) is 0.832. The Morgan fingerprint density at radius 3 is 2.93 bits per heavy atom. The van der Waals surface area contributed by atoms with Gasteiger partial charge in [-0.3, -0.25) is 9.59 Å². The average molecular weight is 233 g/mol. The highest BCUT2D eigenvalue weighted by molar-refractivity contribution is 6.32. The monoisotopic (exact) mass is 232 g/mol. The number of carbonyl (C=O) groups excluding carboxylic acids is 1. The normalized spacial score (nSPS) is 12.1. The Morgan fingerprint density at radius 1 is 1.73 bits per heavy atom. The predicted octanol–water partition coefficient (Wildman–Crippen LogP) is -0.0715. The highest BCUT2D eigenvalue weighted by Gasteiger charge is 2.11. The van der Waals surface area contributed by atoms with E-state index in [4.69, 9.17) is 16.7 Å². The molecular formula is C7H9ClN4O3. The summed E-state index contributed by atoms with van der Waals surface area (Å²) in [5, 5.41) is 17.5. The number of carboxylic acids is 1. The van der Waals surface area contributed by atoms with Crippen LogP contribution in [0.2, 0.25) is 0 Å². The van der Waals surface area contributed by atoms with E-state index >= 15 is 0 Å². The van der Waals surface area contributed by atoms with Gasteiger partial charge in [0.2, 0.25) is 5.91 Å². The third-order valence-corrected chi connectivity index (χ3v) is 1.62. The lowest BCUT2D eigenvalue weighted by atomic mass is 10.4. The molecule has 0 radical (unpaired) electrons. The Bertz CT molecular complexity index is 376. The Kier molecular flexibility index (Phi) is 3.62. The van der Waals surface area contributed by atoms with E-state index in [0.717, 1.165) is 4.80 Å². The molecule has 1 unspecified atom stereocenters. The second-order valence-electron chi connectivity index (χ2n) is 2.76. The fraction of sp³-hybridized carbons (Fsp3) is 0.429. The van der Waals surface area contributed by atoms with Gasteiger partial charge in [-0.05, 0) is 6.92 Å². The first-order valence-electron chi connectivity index (χ1n) is 4.06. The first-order chi connectivity index (χ1) is 6.99. The lowest BCUT2D eigenvalue weighted by Crippen LogP contribution is -2.21. The van der Waals surface area contributed by atoms with Gasteiger partial charge in [0.1, 0.15) is 5.38 Å². The summed E-state index contributed by atoms with van der Waals surface area (Å²) >= 11 is 5.51. The minimum Gasteiger partial charge on any atom is -0.480 e. The van der Waals surface area contributed by atoms with E-state index in [2.05, 4.69) is 15.5 Å². The first kappa shape index (κ1) is 11.4. The van der Waals surface area contributed by atoms with Crippen LogP contribution in [0, 0.1) is 0 Å². The summed E-state index contributed by atoms with van der Waals surface area (Å²) in [5.41, 5.74) is 0. The molecule has 7 nitrogen and oxygen atoms in total. The summed E-state index contributed by atoms with van der Waals surface area (Å²) < 4.78 is 0. The van der Waals surface area contributed by atoms with Gasteiger partial charge in [-0.25, -0.2) is 0 Å². The molecule has 0 saturated carbocycles. The number of anilines is 1. The van der Waals surface area contributed by atoms with Crippen LogP contribution in [0.4, 0.5) is 5.82 Å². The maximum Gasteiger partial charge on any atom is 0.327 e. The first-order valence-corrected chi connectivity index (χ1v) is 4.49. The molecule has 2 N–H and O–H groups in total. The van der Waals surface area contributed by atoms with Crippen LogP contribution >= 0.6 is 11.6 Å². The van der Waals surface area contributed by atoms with Gasteiger partial charge in [-0.1, -0.05) is 0 Å². The average Bonchev–Trinajstić information content (AvgIpc) is 2.51. The number of rotatable bonds is 4. The molecule has 1 heterocycles. The van der Waals surface area contributed by atoms with Crippen LogP contribution in [-0.4, -0.2) is 37.4 Å². The third kappa shape index (κ3) is 3.55. The molecule has 0 aliphatic carbocycles. The molecule has 15 heavy (non-hydrogen) atoms. The molecule has 8 heteroatoms. The molecule has 1 rings (SSSR count). The smallest absolute Gasteiger partial charge is 0.327 e. The van der Waals surface area contributed by atoms with Crippen molar-refractivity contribution < 1.29 is 14.7 Å². The molecule has 0 bridgehead atoms. The Balaban J connectivity index is 2.60. The van der Waals surface area contributed by atoms with Crippen LogP contribution in [0.1, 0.15) is 6.92 Å². The molecule has 0 aliphatic heterocycles. The van der Waals surface area contributed by atoms with Crippen LogP contribution in [0.5, 0.6) is 0 Å². The largest absolute Gasteiger partial charge is 0.480 e. The molecule has 0 saturated heterocycles. The van der Waals surface area contributed by atoms with E-state index in [1.54, 1.807) is 0 Å². The van der Waals surface area contributed by atoms with Crippen molar-refractivity contribution in [3.63, 3.8) is 0 Å². The van der Waals surface area contributed by atoms with E-state index in [1.807, 2.05) is 0 Å². The lowest BCUT2D eigenvalue weighted by molar-refractivity contribution is -0.138. The number of nitrogens with one attached hydrogen (secondary N) is 1. The van der Waals surface area contributed by atoms with Gasteiger partial charge in [0.15, 0.2) is 12.4 Å². The van der Waals surface area contributed by atoms with E-state index in [9.17, 15) is 9.59 Å². The number of halogens is 1. The molecule has 1 aromatic heterocycles. The molecular weight excluding hydrogens is 224 g/mol. The van der Waals surface area contributed by atoms with Gasteiger partial charge in [0, 0.05) is 0 Å². The van der Waals surface area contributed by atoms with Crippen LogP contribution in [0.25, 0.3) is 0 Å². The second kappa shape index (κ2) is 4.74. The number of carboxylic acid groups (broad SMARTS) is 1. The highest BCUT2D eigenvalue weighted by Crippen LogP contribution is 2.02. The summed E-state index contributed by atoms with van der Waals surface area (Å²) in [4.78, 5) is 22.4. The molecule has 0 fully saturated rings. The molecule has 1 atom stereocenters. The Morgan fingerprint density at radius 2 is 2.40 bits per heavy atom. The third-order valence-electron chi connectivity index (χ3n) is 1.43. The van der Waals surface area contributed by atoms with Crippen LogP contribution in [-0.2, 0) is 16.1 Å². The van der Waals surface area contributed by atoms with Crippen LogP contribution in [0.15, 0.2) is 6.20 Å². The maximum absolute atomic E-state index is 11.1. The van der Waals surface area contributed by atoms with E-state index in [-0.39, 0.29) is 12.4 Å². The number of nitrogens with zero attached hydrogens (tertiary/aromatic N) is 3. The Labute approximate surface area is 90.0 Å². The van der Waals surface area contributed by atoms with Gasteiger partial charge >= 0.3 is 5.97 Å². The quantitative estimate of drug-likeness (QED) is 0.708. The van der Waals surface area contributed by atoms with E-state index in [0.29, 0.717) is 0 Å². The molecule has 0 aromatic carbocycles. The van der Waals surface area contributed by atoms with Crippen LogP contribution < -0.4 is 5.32 Å². The summed E-state index contributed by atoms with van der Waals surface area (Å²) in [6, 6.07) is 0. The minimum absolute atomic E-state index is 0.175. The lowest BCUT2D eigenvalue weighted by Gasteiger charge is -2.01. The van der Waals surface area contributed by atoms with Crippen molar-refractivity contribution >= 4 is 29.3 Å². The van der Waals surface area contributed by atoms with Crippen molar-refractivity contribution in [1.82, 2.24) is 15.0 Å².